The number of fused-ring (bicyclic) bond motifs is 1. The highest BCUT2D eigenvalue weighted by Gasteiger charge is 2.44. The normalized spacial score (nSPS) is 21.1. The van der Waals surface area contributed by atoms with E-state index in [9.17, 15) is 9.90 Å². The molecule has 2 aromatic carbocycles. The van der Waals surface area contributed by atoms with Crippen molar-refractivity contribution in [1.29, 1.82) is 5.26 Å². The van der Waals surface area contributed by atoms with Crippen molar-refractivity contribution in [2.45, 2.75) is 31.6 Å². The van der Waals surface area contributed by atoms with Gasteiger partial charge in [-0.15, -0.1) is 0 Å². The molecule has 1 aliphatic rings. The Morgan fingerprint density at radius 3 is 2.62 bits per heavy atom. The van der Waals surface area contributed by atoms with Gasteiger partial charge in [-0.3, -0.25) is 4.79 Å². The number of ether oxygens (including phenoxy) is 1. The predicted molar refractivity (Wildman–Crippen MR) is 88.5 cm³/mol. The first-order valence-corrected chi connectivity index (χ1v) is 7.69. The second-order valence-corrected chi connectivity index (χ2v) is 6.33. The maximum atomic E-state index is 12.5. The van der Waals surface area contributed by atoms with Gasteiger partial charge in [0.25, 0.3) is 5.91 Å². The summed E-state index contributed by atoms with van der Waals surface area (Å²) in [6, 6.07) is 15.1. The van der Waals surface area contributed by atoms with E-state index in [1.165, 1.54) is 0 Å². The van der Waals surface area contributed by atoms with E-state index in [-0.39, 0.29) is 5.91 Å². The van der Waals surface area contributed by atoms with E-state index in [0.29, 0.717) is 22.4 Å². The lowest BCUT2D eigenvalue weighted by Gasteiger charge is -2.43. The molecule has 0 saturated carbocycles. The van der Waals surface area contributed by atoms with Crippen LogP contribution in [0.25, 0.3) is 0 Å². The van der Waals surface area contributed by atoms with E-state index in [1.54, 1.807) is 42.5 Å². The average Bonchev–Trinajstić information content (AvgIpc) is 2.58. The van der Waals surface area contributed by atoms with Crippen LogP contribution in [-0.4, -0.2) is 22.7 Å². The molecule has 0 saturated heterocycles. The molecule has 0 radical (unpaired) electrons. The summed E-state index contributed by atoms with van der Waals surface area (Å²) in [5.74, 6) is 0.243. The Kier molecular flexibility index (Phi) is 4.00. The zero-order chi connectivity index (χ0) is 17.3. The number of carbonyl (C=O) groups is 1. The van der Waals surface area contributed by atoms with Crippen molar-refractivity contribution >= 4 is 5.91 Å². The monoisotopic (exact) mass is 322 g/mol. The fourth-order valence-corrected chi connectivity index (χ4v) is 2.92. The topological polar surface area (TPSA) is 82.3 Å². The fraction of sp³-hybridized carbons (Fsp3) is 0.263. The number of hydrogen-bond acceptors (Lipinski definition) is 4. The molecule has 0 aliphatic carbocycles. The maximum absolute atomic E-state index is 12.5. The van der Waals surface area contributed by atoms with Crippen molar-refractivity contribution in [1.82, 2.24) is 5.32 Å². The van der Waals surface area contributed by atoms with Crippen molar-refractivity contribution < 1.29 is 14.6 Å². The quantitative estimate of drug-likeness (QED) is 0.890. The Labute approximate surface area is 140 Å². The van der Waals surface area contributed by atoms with Gasteiger partial charge >= 0.3 is 0 Å². The minimum atomic E-state index is -0.968. The predicted octanol–water partition coefficient (Wildman–Crippen LogP) is 2.56. The third kappa shape index (κ3) is 2.84. The van der Waals surface area contributed by atoms with Gasteiger partial charge in [0.1, 0.15) is 17.5 Å². The number of aliphatic hydroxyl groups is 1. The highest BCUT2D eigenvalue weighted by molar-refractivity contribution is 5.94. The second-order valence-electron chi connectivity index (χ2n) is 6.33. The van der Waals surface area contributed by atoms with Crippen LogP contribution in [0.3, 0.4) is 0 Å². The van der Waals surface area contributed by atoms with Gasteiger partial charge in [-0.25, -0.2) is 0 Å². The Morgan fingerprint density at radius 1 is 1.25 bits per heavy atom. The minimum absolute atomic E-state index is 0.281. The molecule has 0 bridgehead atoms. The first kappa shape index (κ1) is 16.0. The number of amides is 1. The number of nitrogens with one attached hydrogen (secondary N) is 1. The molecule has 5 nitrogen and oxygen atoms in total. The molecule has 3 rings (SSSR count). The molecule has 24 heavy (non-hydrogen) atoms. The molecule has 2 unspecified atom stereocenters. The summed E-state index contributed by atoms with van der Waals surface area (Å²) in [5, 5.41) is 22.7. The molecule has 0 spiro atoms. The molecule has 1 heterocycles. The van der Waals surface area contributed by atoms with Gasteiger partial charge in [-0.1, -0.05) is 18.2 Å². The van der Waals surface area contributed by atoms with Crippen LogP contribution in [-0.2, 0) is 0 Å². The summed E-state index contributed by atoms with van der Waals surface area (Å²) in [5.41, 5.74) is 0.651. The third-order valence-electron chi connectivity index (χ3n) is 4.22. The molecule has 1 aliphatic heterocycles. The summed E-state index contributed by atoms with van der Waals surface area (Å²) in [4.78, 5) is 12.5. The first-order chi connectivity index (χ1) is 11.4. The van der Waals surface area contributed by atoms with Crippen molar-refractivity contribution in [2.24, 2.45) is 0 Å². The van der Waals surface area contributed by atoms with E-state index in [2.05, 4.69) is 5.32 Å². The lowest BCUT2D eigenvalue weighted by molar-refractivity contribution is -0.0253. The number of carbonyl (C=O) groups excluding carboxylic acids is 1. The zero-order valence-corrected chi connectivity index (χ0v) is 13.5. The second kappa shape index (κ2) is 5.99. The summed E-state index contributed by atoms with van der Waals surface area (Å²) in [6.07, 6.45) is -0.968. The van der Waals surface area contributed by atoms with Crippen LogP contribution in [0.2, 0.25) is 0 Å². The number of aliphatic hydroxyl groups excluding tert-OH is 1. The molecule has 122 valence electrons. The largest absolute Gasteiger partial charge is 0.485 e. The number of benzene rings is 2. The van der Waals surface area contributed by atoms with Crippen LogP contribution in [0.1, 0.15) is 41.4 Å². The Morgan fingerprint density at radius 2 is 1.96 bits per heavy atom. The van der Waals surface area contributed by atoms with Gasteiger partial charge in [-0.2, -0.15) is 5.26 Å². The average molecular weight is 322 g/mol. The Balaban J connectivity index is 1.92. The van der Waals surface area contributed by atoms with Crippen molar-refractivity contribution in [3.8, 4) is 11.8 Å². The molecular weight excluding hydrogens is 304 g/mol. The van der Waals surface area contributed by atoms with Crippen LogP contribution < -0.4 is 10.1 Å². The van der Waals surface area contributed by atoms with E-state index < -0.39 is 17.7 Å². The van der Waals surface area contributed by atoms with Crippen LogP contribution in [0.15, 0.2) is 48.5 Å². The third-order valence-corrected chi connectivity index (χ3v) is 4.22. The van der Waals surface area contributed by atoms with Crippen LogP contribution in [0, 0.1) is 11.3 Å². The minimum Gasteiger partial charge on any atom is -0.485 e. The summed E-state index contributed by atoms with van der Waals surface area (Å²) < 4.78 is 5.95. The lowest BCUT2D eigenvalue weighted by Crippen LogP contribution is -2.57. The van der Waals surface area contributed by atoms with Gasteiger partial charge in [-0.05, 0) is 44.2 Å². The van der Waals surface area contributed by atoms with Gasteiger partial charge in [0.05, 0.1) is 17.7 Å². The van der Waals surface area contributed by atoms with Gasteiger partial charge in [0, 0.05) is 11.1 Å². The van der Waals surface area contributed by atoms with Gasteiger partial charge < -0.3 is 15.2 Å². The van der Waals surface area contributed by atoms with Crippen molar-refractivity contribution in [3.05, 3.63) is 65.2 Å². The van der Waals surface area contributed by atoms with E-state index >= 15 is 0 Å². The number of nitrogens with zero attached hydrogens (tertiary/aromatic N) is 1. The Bertz CT molecular complexity index is 809. The molecule has 2 atom stereocenters. The standard InChI is InChI=1S/C19H18N2O3/c1-19(2)17(21-18(23)13-6-4-3-5-7-13)16(22)14-10-12(11-20)8-9-15(14)24-19/h3-10,16-17,22H,1-2H3,(H,21,23). The van der Waals surface area contributed by atoms with Gasteiger partial charge in [0.2, 0.25) is 0 Å². The SMILES string of the molecule is CC1(C)Oc2ccc(C#N)cc2C(O)C1NC(=O)c1ccccc1. The highest BCUT2D eigenvalue weighted by atomic mass is 16.5. The summed E-state index contributed by atoms with van der Waals surface area (Å²) >= 11 is 0. The van der Waals surface area contributed by atoms with E-state index in [4.69, 9.17) is 10.00 Å². The summed E-state index contributed by atoms with van der Waals surface area (Å²) in [6.45, 7) is 3.63. The molecule has 5 heteroatoms. The van der Waals surface area contributed by atoms with Crippen LogP contribution in [0.5, 0.6) is 5.75 Å². The Hall–Kier alpha value is -2.84. The molecule has 2 aromatic rings. The molecular formula is C19H18N2O3. The van der Waals surface area contributed by atoms with Crippen LogP contribution >= 0.6 is 0 Å². The smallest absolute Gasteiger partial charge is 0.251 e. The van der Waals surface area contributed by atoms with E-state index in [0.717, 1.165) is 0 Å². The number of rotatable bonds is 2. The summed E-state index contributed by atoms with van der Waals surface area (Å²) in [7, 11) is 0. The maximum Gasteiger partial charge on any atom is 0.251 e. The first-order valence-electron chi connectivity index (χ1n) is 7.69. The zero-order valence-electron chi connectivity index (χ0n) is 13.5. The molecule has 0 fully saturated rings. The van der Waals surface area contributed by atoms with Crippen molar-refractivity contribution in [3.63, 3.8) is 0 Å². The molecule has 1 amide bonds. The number of nitriles is 1. The fourth-order valence-electron chi connectivity index (χ4n) is 2.92. The highest BCUT2D eigenvalue weighted by Crippen LogP contribution is 2.40. The lowest BCUT2D eigenvalue weighted by atomic mass is 9.85. The number of hydrogen-bond donors (Lipinski definition) is 2. The van der Waals surface area contributed by atoms with Gasteiger partial charge in [0.15, 0.2) is 0 Å². The van der Waals surface area contributed by atoms with E-state index in [1.807, 2.05) is 26.0 Å². The van der Waals surface area contributed by atoms with Crippen LogP contribution in [0.4, 0.5) is 0 Å². The van der Waals surface area contributed by atoms with Crippen molar-refractivity contribution in [2.75, 3.05) is 0 Å². The molecule has 0 aromatic heterocycles. The molecule has 2 N–H and O–H groups in total.